The summed E-state index contributed by atoms with van der Waals surface area (Å²) in [6.45, 7) is 0. The second-order valence-electron chi connectivity index (χ2n) is 3.56. The lowest BCUT2D eigenvalue weighted by Gasteiger charge is -2.22. The van der Waals surface area contributed by atoms with E-state index in [9.17, 15) is 0 Å². The first-order chi connectivity index (χ1) is 6.31. The van der Waals surface area contributed by atoms with E-state index in [0.717, 1.165) is 18.6 Å². The van der Waals surface area contributed by atoms with Crippen LogP contribution in [0.5, 0.6) is 5.75 Å². The summed E-state index contributed by atoms with van der Waals surface area (Å²) in [5, 5.41) is 0. The summed E-state index contributed by atoms with van der Waals surface area (Å²) >= 11 is 0. The minimum Gasteiger partial charge on any atom is -0.497 e. The zero-order valence-electron chi connectivity index (χ0n) is 7.92. The Kier molecular flexibility index (Phi) is 2.23. The third kappa shape index (κ3) is 1.54. The highest BCUT2D eigenvalue weighted by atomic mass is 16.5. The van der Waals surface area contributed by atoms with Gasteiger partial charge in [-0.05, 0) is 42.5 Å². The highest BCUT2D eigenvalue weighted by molar-refractivity contribution is 5.38. The molecule has 0 spiro atoms. The predicted molar refractivity (Wildman–Crippen MR) is 52.9 cm³/mol. The Labute approximate surface area is 78.7 Å². The summed E-state index contributed by atoms with van der Waals surface area (Å²) in [5.74, 6) is 0.938. The molecule has 0 unspecified atom stereocenters. The normalized spacial score (nSPS) is 20.9. The van der Waals surface area contributed by atoms with Crippen molar-refractivity contribution in [3.05, 3.63) is 29.3 Å². The Bertz CT molecular complexity index is 309. The van der Waals surface area contributed by atoms with E-state index < -0.39 is 0 Å². The van der Waals surface area contributed by atoms with Gasteiger partial charge in [0.2, 0.25) is 0 Å². The molecule has 0 amide bonds. The van der Waals surface area contributed by atoms with Crippen LogP contribution in [0, 0.1) is 0 Å². The van der Waals surface area contributed by atoms with E-state index in [1.54, 1.807) is 7.11 Å². The summed E-state index contributed by atoms with van der Waals surface area (Å²) in [6.07, 6.45) is 3.45. The number of hydrogen-bond acceptors (Lipinski definition) is 2. The summed E-state index contributed by atoms with van der Waals surface area (Å²) in [7, 11) is 1.70. The SMILES string of the molecule is COc1ccc2c(c1)CCC[C@H]2N. The average molecular weight is 177 g/mol. The molecule has 1 aliphatic carbocycles. The molecule has 1 aromatic rings. The van der Waals surface area contributed by atoms with Crippen LogP contribution in [0.1, 0.15) is 30.0 Å². The molecule has 2 heteroatoms. The van der Waals surface area contributed by atoms with Gasteiger partial charge in [-0.1, -0.05) is 6.07 Å². The van der Waals surface area contributed by atoms with Crippen molar-refractivity contribution in [2.24, 2.45) is 5.73 Å². The fourth-order valence-electron chi connectivity index (χ4n) is 1.96. The van der Waals surface area contributed by atoms with Gasteiger partial charge in [-0.15, -0.1) is 0 Å². The van der Waals surface area contributed by atoms with Gasteiger partial charge in [0.15, 0.2) is 0 Å². The Morgan fingerprint density at radius 3 is 3.08 bits per heavy atom. The van der Waals surface area contributed by atoms with E-state index in [-0.39, 0.29) is 6.04 Å². The second-order valence-corrected chi connectivity index (χ2v) is 3.56. The van der Waals surface area contributed by atoms with Crippen LogP contribution in [0.15, 0.2) is 18.2 Å². The lowest BCUT2D eigenvalue weighted by molar-refractivity contribution is 0.413. The number of nitrogens with two attached hydrogens (primary N) is 1. The second kappa shape index (κ2) is 3.38. The molecule has 0 fully saturated rings. The van der Waals surface area contributed by atoms with Gasteiger partial charge >= 0.3 is 0 Å². The van der Waals surface area contributed by atoms with Crippen LogP contribution in [0.2, 0.25) is 0 Å². The third-order valence-corrected chi connectivity index (χ3v) is 2.71. The van der Waals surface area contributed by atoms with Gasteiger partial charge in [-0.2, -0.15) is 0 Å². The van der Waals surface area contributed by atoms with Crippen LogP contribution in [0.3, 0.4) is 0 Å². The molecule has 0 aliphatic heterocycles. The van der Waals surface area contributed by atoms with Crippen molar-refractivity contribution in [3.63, 3.8) is 0 Å². The van der Waals surface area contributed by atoms with Gasteiger partial charge in [-0.3, -0.25) is 0 Å². The first-order valence-electron chi connectivity index (χ1n) is 4.73. The van der Waals surface area contributed by atoms with Crippen molar-refractivity contribution in [1.82, 2.24) is 0 Å². The van der Waals surface area contributed by atoms with E-state index in [0.29, 0.717) is 0 Å². The number of fused-ring (bicyclic) bond motifs is 1. The molecule has 0 heterocycles. The fraction of sp³-hybridized carbons (Fsp3) is 0.455. The molecule has 0 aromatic heterocycles. The first-order valence-corrected chi connectivity index (χ1v) is 4.73. The van der Waals surface area contributed by atoms with Crippen LogP contribution >= 0.6 is 0 Å². The van der Waals surface area contributed by atoms with E-state index >= 15 is 0 Å². The Hall–Kier alpha value is -1.02. The highest BCUT2D eigenvalue weighted by Gasteiger charge is 2.16. The largest absolute Gasteiger partial charge is 0.497 e. The minimum atomic E-state index is 0.231. The number of hydrogen-bond donors (Lipinski definition) is 1. The van der Waals surface area contributed by atoms with Crippen molar-refractivity contribution in [2.45, 2.75) is 25.3 Å². The van der Waals surface area contributed by atoms with E-state index in [2.05, 4.69) is 12.1 Å². The lowest BCUT2D eigenvalue weighted by atomic mass is 9.88. The molecule has 0 saturated carbocycles. The molecule has 2 nitrogen and oxygen atoms in total. The molecule has 2 N–H and O–H groups in total. The number of aryl methyl sites for hydroxylation is 1. The van der Waals surface area contributed by atoms with E-state index in [1.807, 2.05) is 6.07 Å². The maximum absolute atomic E-state index is 6.00. The summed E-state index contributed by atoms with van der Waals surface area (Å²) in [5.41, 5.74) is 8.65. The van der Waals surface area contributed by atoms with Crippen molar-refractivity contribution >= 4 is 0 Å². The van der Waals surface area contributed by atoms with Gasteiger partial charge in [0, 0.05) is 6.04 Å². The van der Waals surface area contributed by atoms with Crippen LogP contribution in [-0.2, 0) is 6.42 Å². The number of rotatable bonds is 1. The standard InChI is InChI=1S/C11H15NO/c1-13-9-5-6-10-8(7-9)3-2-4-11(10)12/h5-7,11H,2-4,12H2,1H3/t11-/m1/s1. The zero-order chi connectivity index (χ0) is 9.26. The molecule has 0 radical (unpaired) electrons. The Morgan fingerprint density at radius 1 is 1.46 bits per heavy atom. The van der Waals surface area contributed by atoms with Crippen molar-refractivity contribution < 1.29 is 4.74 Å². The van der Waals surface area contributed by atoms with Crippen LogP contribution < -0.4 is 10.5 Å². The third-order valence-electron chi connectivity index (χ3n) is 2.71. The molecule has 1 aliphatic rings. The number of benzene rings is 1. The quantitative estimate of drug-likeness (QED) is 0.712. The predicted octanol–water partition coefficient (Wildman–Crippen LogP) is 2.03. The molecule has 2 rings (SSSR count). The smallest absolute Gasteiger partial charge is 0.119 e. The first kappa shape index (κ1) is 8.57. The molecule has 70 valence electrons. The highest BCUT2D eigenvalue weighted by Crippen LogP contribution is 2.30. The molecular weight excluding hydrogens is 162 g/mol. The zero-order valence-corrected chi connectivity index (χ0v) is 7.92. The van der Waals surface area contributed by atoms with Gasteiger partial charge in [0.1, 0.15) is 5.75 Å². The number of ether oxygens (including phenoxy) is 1. The summed E-state index contributed by atoms with van der Waals surface area (Å²) in [4.78, 5) is 0. The molecule has 1 aromatic carbocycles. The summed E-state index contributed by atoms with van der Waals surface area (Å²) < 4.78 is 5.17. The maximum Gasteiger partial charge on any atom is 0.119 e. The van der Waals surface area contributed by atoms with Crippen LogP contribution in [-0.4, -0.2) is 7.11 Å². The summed E-state index contributed by atoms with van der Waals surface area (Å²) in [6, 6.07) is 6.42. The van der Waals surface area contributed by atoms with E-state index in [4.69, 9.17) is 10.5 Å². The van der Waals surface area contributed by atoms with E-state index in [1.165, 1.54) is 17.5 Å². The average Bonchev–Trinajstić information content (AvgIpc) is 2.18. The molecule has 1 atom stereocenters. The minimum absolute atomic E-state index is 0.231. The van der Waals surface area contributed by atoms with Gasteiger partial charge in [-0.25, -0.2) is 0 Å². The molecular formula is C11H15NO. The lowest BCUT2D eigenvalue weighted by Crippen LogP contribution is -2.17. The molecule has 13 heavy (non-hydrogen) atoms. The van der Waals surface area contributed by atoms with Gasteiger partial charge in [0.25, 0.3) is 0 Å². The van der Waals surface area contributed by atoms with Crippen molar-refractivity contribution in [3.8, 4) is 5.75 Å². The topological polar surface area (TPSA) is 35.2 Å². The Morgan fingerprint density at radius 2 is 2.31 bits per heavy atom. The number of methoxy groups -OCH3 is 1. The van der Waals surface area contributed by atoms with Crippen molar-refractivity contribution in [1.29, 1.82) is 0 Å². The van der Waals surface area contributed by atoms with Crippen LogP contribution in [0.25, 0.3) is 0 Å². The fourth-order valence-corrected chi connectivity index (χ4v) is 1.96. The Balaban J connectivity index is 2.39. The monoisotopic (exact) mass is 177 g/mol. The molecule has 0 bridgehead atoms. The van der Waals surface area contributed by atoms with Gasteiger partial charge in [0.05, 0.1) is 7.11 Å². The van der Waals surface area contributed by atoms with Gasteiger partial charge < -0.3 is 10.5 Å². The van der Waals surface area contributed by atoms with Crippen LogP contribution in [0.4, 0.5) is 0 Å². The molecule has 0 saturated heterocycles. The maximum atomic E-state index is 6.00. The van der Waals surface area contributed by atoms with Crippen molar-refractivity contribution in [2.75, 3.05) is 7.11 Å².